The van der Waals surface area contributed by atoms with Gasteiger partial charge in [-0.2, -0.15) is 8.42 Å². The van der Waals surface area contributed by atoms with E-state index in [1.54, 1.807) is 12.1 Å². The van der Waals surface area contributed by atoms with Crippen molar-refractivity contribution in [2.75, 3.05) is 4.72 Å². The molecule has 0 aliphatic rings. The molecule has 0 radical (unpaired) electrons. The van der Waals surface area contributed by atoms with E-state index in [-0.39, 0.29) is 5.69 Å². The van der Waals surface area contributed by atoms with E-state index in [0.717, 1.165) is 6.07 Å². The fourth-order valence-corrected chi connectivity index (χ4v) is 2.20. The number of aromatic nitrogens is 1. The van der Waals surface area contributed by atoms with Crippen molar-refractivity contribution in [2.24, 2.45) is 5.14 Å². The summed E-state index contributed by atoms with van der Waals surface area (Å²) in [6.07, 6.45) is 1.51. The van der Waals surface area contributed by atoms with Gasteiger partial charge in [-0.3, -0.25) is 4.72 Å². The molecule has 0 saturated carbocycles. The first-order valence-corrected chi connectivity index (χ1v) is 7.41. The van der Waals surface area contributed by atoms with Gasteiger partial charge in [0.05, 0.1) is 5.69 Å². The van der Waals surface area contributed by atoms with Crippen molar-refractivity contribution >= 4 is 31.8 Å². The molecule has 2 rings (SSSR count). The maximum Gasteiger partial charge on any atom is 0.296 e. The second-order valence-electron chi connectivity index (χ2n) is 3.71. The Kier molecular flexibility index (Phi) is 3.83. The first kappa shape index (κ1) is 13.9. The quantitative estimate of drug-likeness (QED) is 0.836. The summed E-state index contributed by atoms with van der Waals surface area (Å²) < 4.78 is 38.2. The topological polar surface area (TPSA) is 85.1 Å². The van der Waals surface area contributed by atoms with Gasteiger partial charge in [0.1, 0.15) is 10.4 Å². The maximum atomic E-state index is 13.9. The summed E-state index contributed by atoms with van der Waals surface area (Å²) >= 11 is 3.19. The molecule has 1 aromatic heterocycles. The van der Waals surface area contributed by atoms with E-state index in [1.165, 1.54) is 18.3 Å². The molecule has 0 amide bonds. The number of halogens is 2. The van der Waals surface area contributed by atoms with E-state index in [1.807, 2.05) is 4.72 Å². The van der Waals surface area contributed by atoms with Crippen LogP contribution in [0.1, 0.15) is 0 Å². The van der Waals surface area contributed by atoms with Crippen LogP contribution in [0.5, 0.6) is 0 Å². The van der Waals surface area contributed by atoms with Crippen molar-refractivity contribution in [3.63, 3.8) is 0 Å². The summed E-state index contributed by atoms with van der Waals surface area (Å²) in [4.78, 5) is 4.00. The number of pyridine rings is 1. The van der Waals surface area contributed by atoms with Gasteiger partial charge in [-0.15, -0.1) is 0 Å². The molecule has 0 fully saturated rings. The number of nitrogens with zero attached hydrogens (tertiary/aromatic N) is 1. The van der Waals surface area contributed by atoms with Crippen LogP contribution >= 0.6 is 15.9 Å². The first-order chi connectivity index (χ1) is 8.85. The molecule has 100 valence electrons. The molecule has 5 nitrogen and oxygen atoms in total. The second-order valence-corrected chi connectivity index (χ2v) is 5.82. The summed E-state index contributed by atoms with van der Waals surface area (Å²) in [7, 11) is -3.91. The number of nitrogens with two attached hydrogens (primary N) is 1. The van der Waals surface area contributed by atoms with Gasteiger partial charge in [0.2, 0.25) is 0 Å². The molecule has 0 bridgehead atoms. The van der Waals surface area contributed by atoms with Crippen LogP contribution in [0, 0.1) is 5.82 Å². The van der Waals surface area contributed by atoms with Crippen molar-refractivity contribution in [3.05, 3.63) is 46.9 Å². The number of hydrogen-bond donors (Lipinski definition) is 2. The minimum atomic E-state index is -3.91. The fourth-order valence-electron chi connectivity index (χ4n) is 1.51. The molecule has 2 aromatic rings. The Bertz CT molecular complexity index is 704. The van der Waals surface area contributed by atoms with Gasteiger partial charge in [0, 0.05) is 17.3 Å². The van der Waals surface area contributed by atoms with Gasteiger partial charge >= 0.3 is 0 Å². The van der Waals surface area contributed by atoms with Crippen molar-refractivity contribution in [1.29, 1.82) is 0 Å². The summed E-state index contributed by atoms with van der Waals surface area (Å²) in [6, 6.07) is 7.31. The Morgan fingerprint density at radius 3 is 2.53 bits per heavy atom. The van der Waals surface area contributed by atoms with E-state index in [4.69, 9.17) is 5.14 Å². The van der Waals surface area contributed by atoms with Gasteiger partial charge < -0.3 is 0 Å². The third kappa shape index (κ3) is 3.72. The predicted octanol–water partition coefficient (Wildman–Crippen LogP) is 2.27. The van der Waals surface area contributed by atoms with E-state index < -0.39 is 16.0 Å². The Balaban J connectivity index is 2.37. The van der Waals surface area contributed by atoms with Crippen molar-refractivity contribution in [2.45, 2.75) is 0 Å². The summed E-state index contributed by atoms with van der Waals surface area (Å²) in [5.74, 6) is -0.572. The zero-order valence-corrected chi connectivity index (χ0v) is 11.9. The number of rotatable bonds is 3. The highest BCUT2D eigenvalue weighted by Crippen LogP contribution is 2.25. The van der Waals surface area contributed by atoms with Crippen LogP contribution in [0.4, 0.5) is 10.1 Å². The Labute approximate surface area is 118 Å². The maximum absolute atomic E-state index is 13.9. The molecular formula is C11H9BrFN3O2S. The molecule has 0 aliphatic heterocycles. The highest BCUT2D eigenvalue weighted by atomic mass is 79.9. The number of benzene rings is 1. The van der Waals surface area contributed by atoms with Gasteiger partial charge in [-0.1, -0.05) is 6.07 Å². The van der Waals surface area contributed by atoms with Crippen molar-refractivity contribution in [1.82, 2.24) is 4.98 Å². The van der Waals surface area contributed by atoms with Crippen LogP contribution in [0.25, 0.3) is 11.1 Å². The van der Waals surface area contributed by atoms with Crippen LogP contribution in [0.15, 0.2) is 41.1 Å². The fraction of sp³-hybridized carbons (Fsp3) is 0. The van der Waals surface area contributed by atoms with E-state index >= 15 is 0 Å². The van der Waals surface area contributed by atoms with Crippen LogP contribution in [-0.4, -0.2) is 13.4 Å². The van der Waals surface area contributed by atoms with Crippen molar-refractivity contribution < 1.29 is 12.8 Å². The molecule has 0 unspecified atom stereocenters. The lowest BCUT2D eigenvalue weighted by molar-refractivity contribution is 0.602. The minimum Gasteiger partial charge on any atom is -0.271 e. The van der Waals surface area contributed by atoms with Crippen LogP contribution in [0.2, 0.25) is 0 Å². The van der Waals surface area contributed by atoms with Gasteiger partial charge in [-0.05, 0) is 40.2 Å². The van der Waals surface area contributed by atoms with E-state index in [9.17, 15) is 12.8 Å². The number of nitrogens with one attached hydrogen (secondary N) is 1. The molecular weight excluding hydrogens is 337 g/mol. The monoisotopic (exact) mass is 345 g/mol. The molecule has 8 heteroatoms. The molecule has 0 atom stereocenters. The van der Waals surface area contributed by atoms with Crippen molar-refractivity contribution in [3.8, 4) is 11.1 Å². The smallest absolute Gasteiger partial charge is 0.271 e. The average molecular weight is 346 g/mol. The third-order valence-electron chi connectivity index (χ3n) is 2.27. The summed E-state index contributed by atoms with van der Waals surface area (Å²) in [5, 5.41) is 4.81. The largest absolute Gasteiger partial charge is 0.296 e. The molecule has 1 aromatic carbocycles. The van der Waals surface area contributed by atoms with Gasteiger partial charge in [0.15, 0.2) is 0 Å². The van der Waals surface area contributed by atoms with Crippen LogP contribution in [0.3, 0.4) is 0 Å². The first-order valence-electron chi connectivity index (χ1n) is 5.07. The van der Waals surface area contributed by atoms with E-state index in [2.05, 4.69) is 20.9 Å². The summed E-state index contributed by atoms with van der Waals surface area (Å²) in [6.45, 7) is 0. The Morgan fingerprint density at radius 2 is 2.00 bits per heavy atom. The number of anilines is 1. The number of hydrogen-bond acceptors (Lipinski definition) is 3. The highest BCUT2D eigenvalue weighted by Gasteiger charge is 2.09. The Morgan fingerprint density at radius 1 is 1.26 bits per heavy atom. The normalized spacial score (nSPS) is 11.3. The van der Waals surface area contributed by atoms with Crippen LogP contribution in [-0.2, 0) is 10.2 Å². The summed E-state index contributed by atoms with van der Waals surface area (Å²) in [5.41, 5.74) is 0.969. The van der Waals surface area contributed by atoms with Crippen LogP contribution < -0.4 is 9.86 Å². The van der Waals surface area contributed by atoms with Gasteiger partial charge in [-0.25, -0.2) is 14.5 Å². The zero-order valence-electron chi connectivity index (χ0n) is 9.47. The third-order valence-corrected chi connectivity index (χ3v) is 3.26. The Hall–Kier alpha value is -1.51. The molecule has 0 aliphatic carbocycles. The lowest BCUT2D eigenvalue weighted by atomic mass is 10.1. The zero-order chi connectivity index (χ0) is 14.0. The second kappa shape index (κ2) is 5.24. The van der Waals surface area contributed by atoms with Gasteiger partial charge in [0.25, 0.3) is 10.2 Å². The SMILES string of the molecule is NS(=O)(=O)Nc1ccc(-c2ccc(Br)nc2)c(F)c1. The lowest BCUT2D eigenvalue weighted by Gasteiger charge is -2.07. The highest BCUT2D eigenvalue weighted by molar-refractivity contribution is 9.10. The minimum absolute atomic E-state index is 0.0637. The van der Waals surface area contributed by atoms with E-state index in [0.29, 0.717) is 15.7 Å². The molecule has 19 heavy (non-hydrogen) atoms. The molecule has 0 saturated heterocycles. The lowest BCUT2D eigenvalue weighted by Crippen LogP contribution is -2.21. The predicted molar refractivity (Wildman–Crippen MR) is 74.1 cm³/mol. The molecule has 1 heterocycles. The molecule has 3 N–H and O–H groups in total. The molecule has 0 spiro atoms. The average Bonchev–Trinajstić information content (AvgIpc) is 2.29. The standard InChI is InChI=1S/C11H9BrFN3O2S/c12-11-4-1-7(6-15-11)9-3-2-8(5-10(9)13)16-19(14,17)18/h1-6,16H,(H2,14,17,18).